The fraction of sp³-hybridized carbons (Fsp3) is 0.120. The summed E-state index contributed by atoms with van der Waals surface area (Å²) in [4.78, 5) is 9.07. The van der Waals surface area contributed by atoms with Gasteiger partial charge in [-0.15, -0.1) is 0 Å². The van der Waals surface area contributed by atoms with Crippen LogP contribution >= 0.6 is 0 Å². The Morgan fingerprint density at radius 2 is 1.62 bits per heavy atom. The first-order valence-corrected chi connectivity index (χ1v) is 9.53. The summed E-state index contributed by atoms with van der Waals surface area (Å²) >= 11 is 0. The normalized spacial score (nSPS) is 12.0. The molecule has 0 radical (unpaired) electrons. The monoisotopic (exact) mass is 382 g/mol. The van der Waals surface area contributed by atoms with Crippen LogP contribution in [0.1, 0.15) is 25.1 Å². The van der Waals surface area contributed by atoms with Crippen molar-refractivity contribution in [2.75, 3.05) is 0 Å². The van der Waals surface area contributed by atoms with Crippen molar-refractivity contribution in [3.05, 3.63) is 96.2 Å². The SMILES string of the molecule is CC(C)(c1ccccc1)c1nccc2oc3ccc(-c4cc(F)ccn4)cc3c12. The molecule has 0 fully saturated rings. The van der Waals surface area contributed by atoms with Crippen LogP contribution in [0, 0.1) is 5.82 Å². The van der Waals surface area contributed by atoms with E-state index in [-0.39, 0.29) is 11.2 Å². The van der Waals surface area contributed by atoms with E-state index in [0.29, 0.717) is 5.69 Å². The van der Waals surface area contributed by atoms with Gasteiger partial charge in [-0.2, -0.15) is 0 Å². The van der Waals surface area contributed by atoms with E-state index in [4.69, 9.17) is 9.40 Å². The fourth-order valence-corrected chi connectivity index (χ4v) is 3.91. The predicted molar refractivity (Wildman–Crippen MR) is 113 cm³/mol. The summed E-state index contributed by atoms with van der Waals surface area (Å²) in [5, 5.41) is 1.94. The summed E-state index contributed by atoms with van der Waals surface area (Å²) in [6, 6.07) is 20.8. The van der Waals surface area contributed by atoms with Gasteiger partial charge in [0.25, 0.3) is 0 Å². The van der Waals surface area contributed by atoms with Crippen LogP contribution in [0.25, 0.3) is 33.2 Å². The van der Waals surface area contributed by atoms with Crippen LogP contribution in [0.5, 0.6) is 0 Å². The number of aromatic nitrogens is 2. The number of rotatable bonds is 3. The lowest BCUT2D eigenvalue weighted by atomic mass is 9.79. The summed E-state index contributed by atoms with van der Waals surface area (Å²) in [7, 11) is 0. The summed E-state index contributed by atoms with van der Waals surface area (Å²) in [6.07, 6.45) is 3.27. The average molecular weight is 382 g/mol. The summed E-state index contributed by atoms with van der Waals surface area (Å²) in [5.74, 6) is -0.306. The van der Waals surface area contributed by atoms with Crippen molar-refractivity contribution in [3.8, 4) is 11.3 Å². The molecule has 0 spiro atoms. The van der Waals surface area contributed by atoms with Crippen molar-refractivity contribution < 1.29 is 8.81 Å². The van der Waals surface area contributed by atoms with Gasteiger partial charge in [-0.3, -0.25) is 9.97 Å². The van der Waals surface area contributed by atoms with Crippen LogP contribution in [0.2, 0.25) is 0 Å². The number of fused-ring (bicyclic) bond motifs is 3. The maximum absolute atomic E-state index is 13.7. The Kier molecular flexibility index (Phi) is 3.95. The largest absolute Gasteiger partial charge is 0.456 e. The van der Waals surface area contributed by atoms with Crippen molar-refractivity contribution in [1.82, 2.24) is 9.97 Å². The second-order valence-electron chi connectivity index (χ2n) is 7.70. The molecule has 0 aliphatic heterocycles. The lowest BCUT2D eigenvalue weighted by Gasteiger charge is -2.25. The first kappa shape index (κ1) is 17.6. The molecule has 0 aliphatic rings. The van der Waals surface area contributed by atoms with E-state index in [9.17, 15) is 4.39 Å². The highest BCUT2D eigenvalue weighted by Crippen LogP contribution is 2.40. The van der Waals surface area contributed by atoms with Gasteiger partial charge in [0.2, 0.25) is 0 Å². The molecule has 2 aromatic carbocycles. The molecular weight excluding hydrogens is 363 g/mol. The molecular formula is C25H19FN2O. The van der Waals surface area contributed by atoms with Crippen molar-refractivity contribution >= 4 is 21.9 Å². The Balaban J connectivity index is 1.78. The zero-order chi connectivity index (χ0) is 20.0. The third kappa shape index (κ3) is 2.88. The molecule has 0 bridgehead atoms. The van der Waals surface area contributed by atoms with E-state index < -0.39 is 0 Å². The minimum Gasteiger partial charge on any atom is -0.456 e. The average Bonchev–Trinajstić information content (AvgIpc) is 3.12. The van der Waals surface area contributed by atoms with Gasteiger partial charge in [-0.25, -0.2) is 4.39 Å². The van der Waals surface area contributed by atoms with Crippen molar-refractivity contribution in [3.63, 3.8) is 0 Å². The van der Waals surface area contributed by atoms with Gasteiger partial charge in [-0.1, -0.05) is 44.2 Å². The third-order valence-corrected chi connectivity index (χ3v) is 5.49. The van der Waals surface area contributed by atoms with Gasteiger partial charge >= 0.3 is 0 Å². The van der Waals surface area contributed by atoms with Crippen LogP contribution in [0.4, 0.5) is 4.39 Å². The highest BCUT2D eigenvalue weighted by molar-refractivity contribution is 6.07. The molecule has 3 heterocycles. The quantitative estimate of drug-likeness (QED) is 0.357. The number of pyridine rings is 2. The van der Waals surface area contributed by atoms with Crippen molar-refractivity contribution in [1.29, 1.82) is 0 Å². The number of hydrogen-bond acceptors (Lipinski definition) is 3. The number of nitrogens with zero attached hydrogens (tertiary/aromatic N) is 2. The summed E-state index contributed by atoms with van der Waals surface area (Å²) in [6.45, 7) is 4.34. The topological polar surface area (TPSA) is 38.9 Å². The zero-order valence-electron chi connectivity index (χ0n) is 16.2. The molecule has 0 saturated carbocycles. The van der Waals surface area contributed by atoms with Crippen molar-refractivity contribution in [2.24, 2.45) is 0 Å². The van der Waals surface area contributed by atoms with Crippen LogP contribution in [0.3, 0.4) is 0 Å². The van der Waals surface area contributed by atoms with Gasteiger partial charge in [0.15, 0.2) is 0 Å². The van der Waals surface area contributed by atoms with Gasteiger partial charge in [0.1, 0.15) is 17.0 Å². The molecule has 0 saturated heterocycles. The fourth-order valence-electron chi connectivity index (χ4n) is 3.91. The van der Waals surface area contributed by atoms with E-state index >= 15 is 0 Å². The lowest BCUT2D eigenvalue weighted by Crippen LogP contribution is -2.20. The van der Waals surface area contributed by atoms with Crippen LogP contribution in [-0.4, -0.2) is 9.97 Å². The van der Waals surface area contributed by atoms with Gasteiger partial charge in [-0.05, 0) is 35.9 Å². The number of halogens is 1. The van der Waals surface area contributed by atoms with E-state index in [1.807, 2.05) is 42.5 Å². The van der Waals surface area contributed by atoms with Crippen LogP contribution in [0.15, 0.2) is 83.5 Å². The molecule has 0 atom stereocenters. The first-order chi connectivity index (χ1) is 14.0. The smallest absolute Gasteiger partial charge is 0.138 e. The summed E-state index contributed by atoms with van der Waals surface area (Å²) < 4.78 is 19.8. The predicted octanol–water partition coefficient (Wildman–Crippen LogP) is 6.51. The van der Waals surface area contributed by atoms with Crippen molar-refractivity contribution in [2.45, 2.75) is 19.3 Å². The van der Waals surface area contributed by atoms with E-state index in [1.165, 1.54) is 23.9 Å². The maximum atomic E-state index is 13.7. The Bertz CT molecular complexity index is 1340. The first-order valence-electron chi connectivity index (χ1n) is 9.53. The highest BCUT2D eigenvalue weighted by atomic mass is 19.1. The van der Waals surface area contributed by atoms with Gasteiger partial charge in [0, 0.05) is 34.8 Å². The molecule has 5 rings (SSSR count). The van der Waals surface area contributed by atoms with Crippen LogP contribution in [-0.2, 0) is 5.41 Å². The molecule has 0 N–H and O–H groups in total. The molecule has 142 valence electrons. The number of hydrogen-bond donors (Lipinski definition) is 0. The number of furan rings is 1. The van der Waals surface area contributed by atoms with Crippen LogP contribution < -0.4 is 0 Å². The van der Waals surface area contributed by atoms with Gasteiger partial charge < -0.3 is 4.42 Å². The minimum absolute atomic E-state index is 0.306. The molecule has 0 unspecified atom stereocenters. The molecule has 3 aromatic heterocycles. The summed E-state index contributed by atoms with van der Waals surface area (Å²) in [5.41, 5.74) is 4.81. The standard InChI is InChI=1S/C25H19FN2O/c1-25(2,17-6-4-3-5-7-17)24-23-19-14-16(20-15-18(26)10-12-27-20)8-9-21(19)29-22(23)11-13-28-24/h3-15H,1-2H3. The molecule has 0 aliphatic carbocycles. The molecule has 3 nitrogen and oxygen atoms in total. The Labute approximate surface area is 167 Å². The van der Waals surface area contributed by atoms with E-state index in [2.05, 4.69) is 31.0 Å². The Morgan fingerprint density at radius 1 is 0.828 bits per heavy atom. The Hall–Kier alpha value is -3.53. The molecule has 5 aromatic rings. The highest BCUT2D eigenvalue weighted by Gasteiger charge is 2.28. The lowest BCUT2D eigenvalue weighted by molar-refractivity contribution is 0.620. The zero-order valence-corrected chi connectivity index (χ0v) is 16.2. The number of benzene rings is 2. The third-order valence-electron chi connectivity index (χ3n) is 5.49. The second-order valence-corrected chi connectivity index (χ2v) is 7.70. The van der Waals surface area contributed by atoms with Gasteiger partial charge in [0.05, 0.1) is 16.8 Å². The molecule has 4 heteroatoms. The minimum atomic E-state index is -0.315. The second kappa shape index (κ2) is 6.52. The van der Waals surface area contributed by atoms with E-state index in [0.717, 1.165) is 33.2 Å². The maximum Gasteiger partial charge on any atom is 0.138 e. The Morgan fingerprint density at radius 3 is 2.41 bits per heavy atom. The molecule has 0 amide bonds. The van der Waals surface area contributed by atoms with E-state index in [1.54, 1.807) is 6.20 Å². The molecule has 29 heavy (non-hydrogen) atoms.